The Kier molecular flexibility index (Phi) is 8.52. The fourth-order valence-electron chi connectivity index (χ4n) is 3.05. The summed E-state index contributed by atoms with van der Waals surface area (Å²) in [5.74, 6) is 0.611. The van der Waals surface area contributed by atoms with Gasteiger partial charge in [-0.3, -0.25) is 9.59 Å². The van der Waals surface area contributed by atoms with E-state index in [1.54, 1.807) is 24.1 Å². The quantitative estimate of drug-likeness (QED) is 0.659. The number of carbonyl (C=O) groups excluding carboxylic acids is 2. The van der Waals surface area contributed by atoms with E-state index in [-0.39, 0.29) is 18.4 Å². The van der Waals surface area contributed by atoms with Gasteiger partial charge in [0.2, 0.25) is 5.91 Å². The lowest BCUT2D eigenvalue weighted by atomic mass is 10.0. The Bertz CT molecular complexity index is 804. The Morgan fingerprint density at radius 2 is 1.69 bits per heavy atom. The monoisotopic (exact) mass is 416 g/mol. The number of likely N-dealkylation sites (N-methyl/N-ethyl adjacent to an activating group) is 1. The molecule has 2 aromatic carbocycles. The summed E-state index contributed by atoms with van der Waals surface area (Å²) in [5.41, 5.74) is 2.10. The molecule has 0 saturated heterocycles. The van der Waals surface area contributed by atoms with Gasteiger partial charge in [-0.1, -0.05) is 56.6 Å². The predicted octanol–water partition coefficient (Wildman–Crippen LogP) is 4.40. The molecule has 0 unspecified atom stereocenters. The minimum absolute atomic E-state index is 0.137. The zero-order chi connectivity index (χ0) is 21.4. The number of benzene rings is 2. The van der Waals surface area contributed by atoms with Crippen molar-refractivity contribution in [1.82, 2.24) is 10.2 Å². The van der Waals surface area contributed by atoms with Gasteiger partial charge in [-0.25, -0.2) is 0 Å². The highest BCUT2D eigenvalue weighted by Crippen LogP contribution is 2.19. The van der Waals surface area contributed by atoms with Crippen molar-refractivity contribution in [1.29, 1.82) is 0 Å². The van der Waals surface area contributed by atoms with E-state index in [4.69, 9.17) is 16.3 Å². The fraction of sp³-hybridized carbons (Fsp3) is 0.391. The minimum Gasteiger partial charge on any atom is -0.484 e. The molecule has 1 N–H and O–H groups in total. The van der Waals surface area contributed by atoms with Crippen LogP contribution in [0.4, 0.5) is 0 Å². The number of amides is 2. The van der Waals surface area contributed by atoms with E-state index in [0.717, 1.165) is 5.56 Å². The molecule has 0 saturated carbocycles. The van der Waals surface area contributed by atoms with Gasteiger partial charge in [0.15, 0.2) is 6.61 Å². The molecule has 156 valence electrons. The van der Waals surface area contributed by atoms with E-state index in [0.29, 0.717) is 29.7 Å². The first-order valence-corrected chi connectivity index (χ1v) is 10.2. The van der Waals surface area contributed by atoms with Crippen molar-refractivity contribution in [3.63, 3.8) is 0 Å². The van der Waals surface area contributed by atoms with Crippen LogP contribution in [-0.4, -0.2) is 36.4 Å². The zero-order valence-electron chi connectivity index (χ0n) is 17.4. The largest absolute Gasteiger partial charge is 0.484 e. The average Bonchev–Trinajstić information content (AvgIpc) is 2.73. The van der Waals surface area contributed by atoms with Crippen LogP contribution < -0.4 is 10.1 Å². The summed E-state index contributed by atoms with van der Waals surface area (Å²) in [6.07, 6.45) is 0.502. The second kappa shape index (κ2) is 10.9. The molecule has 5 nitrogen and oxygen atoms in total. The number of hydrogen-bond acceptors (Lipinski definition) is 3. The van der Waals surface area contributed by atoms with Crippen LogP contribution in [0.5, 0.6) is 5.75 Å². The van der Waals surface area contributed by atoms with Gasteiger partial charge in [0.05, 0.1) is 0 Å². The molecule has 0 aliphatic heterocycles. The van der Waals surface area contributed by atoms with Crippen molar-refractivity contribution in [2.24, 2.45) is 0 Å². The van der Waals surface area contributed by atoms with E-state index in [1.807, 2.05) is 43.3 Å². The Morgan fingerprint density at radius 3 is 2.21 bits per heavy atom. The van der Waals surface area contributed by atoms with Gasteiger partial charge in [-0.2, -0.15) is 0 Å². The second-order valence-electron chi connectivity index (χ2n) is 7.20. The van der Waals surface area contributed by atoms with Gasteiger partial charge in [0, 0.05) is 18.6 Å². The molecular weight excluding hydrogens is 388 g/mol. The van der Waals surface area contributed by atoms with Crippen LogP contribution in [0, 0.1) is 0 Å². The van der Waals surface area contributed by atoms with Gasteiger partial charge in [-0.15, -0.1) is 0 Å². The molecular formula is C23H29ClN2O3. The molecule has 2 aromatic rings. The van der Waals surface area contributed by atoms with Crippen molar-refractivity contribution < 1.29 is 14.3 Å². The van der Waals surface area contributed by atoms with Crippen molar-refractivity contribution in [2.45, 2.75) is 45.7 Å². The third kappa shape index (κ3) is 6.50. The summed E-state index contributed by atoms with van der Waals surface area (Å²) in [7, 11) is 1.57. The van der Waals surface area contributed by atoms with Crippen LogP contribution >= 0.6 is 11.6 Å². The highest BCUT2D eigenvalue weighted by atomic mass is 35.5. The summed E-state index contributed by atoms with van der Waals surface area (Å²) in [5, 5.41) is 3.27. The number of carbonyl (C=O) groups is 2. The van der Waals surface area contributed by atoms with Crippen molar-refractivity contribution in [3.8, 4) is 5.75 Å². The number of nitrogens with zero attached hydrogens (tertiary/aromatic N) is 1. The molecule has 0 fully saturated rings. The average molecular weight is 417 g/mol. The van der Waals surface area contributed by atoms with Crippen LogP contribution in [0.1, 0.15) is 44.2 Å². The Balaban J connectivity index is 2.14. The van der Waals surface area contributed by atoms with Gasteiger partial charge >= 0.3 is 0 Å². The van der Waals surface area contributed by atoms with Crippen LogP contribution in [0.15, 0.2) is 48.5 Å². The highest BCUT2D eigenvalue weighted by molar-refractivity contribution is 6.30. The molecule has 0 spiro atoms. The summed E-state index contributed by atoms with van der Waals surface area (Å²) in [4.78, 5) is 26.9. The van der Waals surface area contributed by atoms with Crippen LogP contribution in [0.3, 0.4) is 0 Å². The number of rotatable bonds is 9. The molecule has 0 aromatic heterocycles. The smallest absolute Gasteiger partial charge is 0.261 e. The number of nitrogens with one attached hydrogen (secondary N) is 1. The number of hydrogen-bond donors (Lipinski definition) is 1. The third-order valence-electron chi connectivity index (χ3n) is 4.81. The Hall–Kier alpha value is -2.53. The van der Waals surface area contributed by atoms with Gasteiger partial charge in [0.25, 0.3) is 5.91 Å². The Morgan fingerprint density at radius 1 is 1.07 bits per heavy atom. The van der Waals surface area contributed by atoms with E-state index in [9.17, 15) is 9.59 Å². The summed E-state index contributed by atoms with van der Waals surface area (Å²) in [6.45, 7) is 6.29. The van der Waals surface area contributed by atoms with Gasteiger partial charge in [0.1, 0.15) is 11.8 Å². The molecule has 2 amide bonds. The lowest BCUT2D eigenvalue weighted by Crippen LogP contribution is -2.49. The van der Waals surface area contributed by atoms with Gasteiger partial charge < -0.3 is 15.0 Å². The van der Waals surface area contributed by atoms with Crippen LogP contribution in [0.2, 0.25) is 5.02 Å². The second-order valence-corrected chi connectivity index (χ2v) is 7.64. The molecule has 29 heavy (non-hydrogen) atoms. The first kappa shape index (κ1) is 22.8. The molecule has 0 aliphatic carbocycles. The summed E-state index contributed by atoms with van der Waals surface area (Å²) in [6, 6.07) is 14.4. The maximum atomic E-state index is 13.0. The standard InChI is InChI=1S/C23H29ClN2O3/c1-5-21(23(28)25-4)26(14-17-6-10-19(24)11-7-17)22(27)15-29-20-12-8-18(9-13-20)16(2)3/h6-13,16,21H,5,14-15H2,1-4H3,(H,25,28)/t21-/m1/s1. The summed E-state index contributed by atoms with van der Waals surface area (Å²) < 4.78 is 5.70. The summed E-state index contributed by atoms with van der Waals surface area (Å²) >= 11 is 5.96. The van der Waals surface area contributed by atoms with Crippen molar-refractivity contribution in [3.05, 3.63) is 64.7 Å². The molecule has 1 atom stereocenters. The zero-order valence-corrected chi connectivity index (χ0v) is 18.2. The van der Waals surface area contributed by atoms with Crippen LogP contribution in [-0.2, 0) is 16.1 Å². The SMILES string of the molecule is CC[C@H](C(=O)NC)N(Cc1ccc(Cl)cc1)C(=O)COc1ccc(C(C)C)cc1. The van der Waals surface area contributed by atoms with Crippen LogP contribution in [0.25, 0.3) is 0 Å². The fourth-order valence-corrected chi connectivity index (χ4v) is 3.18. The lowest BCUT2D eigenvalue weighted by Gasteiger charge is -2.30. The molecule has 0 bridgehead atoms. The number of halogens is 1. The van der Waals surface area contributed by atoms with E-state index < -0.39 is 6.04 Å². The first-order valence-electron chi connectivity index (χ1n) is 9.84. The topological polar surface area (TPSA) is 58.6 Å². The normalized spacial score (nSPS) is 11.8. The van der Waals surface area contributed by atoms with E-state index in [1.165, 1.54) is 5.56 Å². The molecule has 2 rings (SSSR count). The maximum Gasteiger partial charge on any atom is 0.261 e. The van der Waals surface area contributed by atoms with Crippen molar-refractivity contribution in [2.75, 3.05) is 13.7 Å². The first-order chi connectivity index (χ1) is 13.8. The van der Waals surface area contributed by atoms with E-state index >= 15 is 0 Å². The van der Waals surface area contributed by atoms with Gasteiger partial charge in [-0.05, 0) is 47.7 Å². The lowest BCUT2D eigenvalue weighted by molar-refractivity contribution is -0.142. The molecule has 6 heteroatoms. The molecule has 0 heterocycles. The van der Waals surface area contributed by atoms with E-state index in [2.05, 4.69) is 19.2 Å². The Labute approximate surface area is 178 Å². The number of ether oxygens (including phenoxy) is 1. The molecule has 0 aliphatic rings. The third-order valence-corrected chi connectivity index (χ3v) is 5.06. The minimum atomic E-state index is -0.574. The van der Waals surface area contributed by atoms with Crippen molar-refractivity contribution >= 4 is 23.4 Å². The predicted molar refractivity (Wildman–Crippen MR) is 116 cm³/mol. The molecule has 0 radical (unpaired) electrons. The highest BCUT2D eigenvalue weighted by Gasteiger charge is 2.28. The maximum absolute atomic E-state index is 13.0.